The first-order valence-corrected chi connectivity index (χ1v) is 6.34. The smallest absolute Gasteiger partial charge is 0.256 e. The van der Waals surface area contributed by atoms with Crippen LogP contribution in [0.5, 0.6) is 0 Å². The molecular formula is C15H18N2O2. The summed E-state index contributed by atoms with van der Waals surface area (Å²) >= 11 is 0. The van der Waals surface area contributed by atoms with E-state index >= 15 is 0 Å². The molecule has 1 aromatic heterocycles. The maximum absolute atomic E-state index is 12.5. The van der Waals surface area contributed by atoms with Gasteiger partial charge in [-0.05, 0) is 31.2 Å². The minimum Gasteiger partial charge on any atom is -0.467 e. The van der Waals surface area contributed by atoms with Gasteiger partial charge in [-0.1, -0.05) is 12.1 Å². The lowest BCUT2D eigenvalue weighted by atomic mass is 10.1. The number of para-hydroxylation sites is 1. The average Bonchev–Trinajstić information content (AvgIpc) is 2.97. The van der Waals surface area contributed by atoms with E-state index < -0.39 is 0 Å². The fourth-order valence-electron chi connectivity index (χ4n) is 1.98. The van der Waals surface area contributed by atoms with Crippen LogP contribution < -0.4 is 5.32 Å². The summed E-state index contributed by atoms with van der Waals surface area (Å²) in [6.45, 7) is 3.08. The van der Waals surface area contributed by atoms with Crippen LogP contribution in [0.1, 0.15) is 23.0 Å². The summed E-state index contributed by atoms with van der Waals surface area (Å²) in [7, 11) is 1.81. The van der Waals surface area contributed by atoms with Crippen molar-refractivity contribution in [3.63, 3.8) is 0 Å². The lowest BCUT2D eigenvalue weighted by molar-refractivity contribution is 0.0742. The number of carbonyl (C=O) groups is 1. The van der Waals surface area contributed by atoms with Crippen LogP contribution in [-0.4, -0.2) is 24.4 Å². The number of carbonyl (C=O) groups excluding carboxylic acids is 1. The predicted octanol–water partition coefficient (Wildman–Crippen LogP) is 2.98. The number of nitrogens with one attached hydrogen (secondary N) is 1. The minimum absolute atomic E-state index is 0.00356. The maximum Gasteiger partial charge on any atom is 0.256 e. The first-order valence-electron chi connectivity index (χ1n) is 6.34. The quantitative estimate of drug-likeness (QED) is 0.896. The van der Waals surface area contributed by atoms with Crippen molar-refractivity contribution in [2.75, 3.05) is 18.9 Å². The van der Waals surface area contributed by atoms with Gasteiger partial charge in [-0.3, -0.25) is 4.79 Å². The molecule has 4 nitrogen and oxygen atoms in total. The van der Waals surface area contributed by atoms with Crippen molar-refractivity contribution in [3.8, 4) is 0 Å². The van der Waals surface area contributed by atoms with Crippen LogP contribution in [0.4, 0.5) is 5.69 Å². The summed E-state index contributed by atoms with van der Waals surface area (Å²) in [5.74, 6) is 0.793. The second-order valence-electron chi connectivity index (χ2n) is 4.19. The molecule has 0 aliphatic carbocycles. The van der Waals surface area contributed by atoms with Gasteiger partial charge in [-0.25, -0.2) is 0 Å². The number of furan rings is 1. The Morgan fingerprint density at radius 2 is 2.05 bits per heavy atom. The molecule has 4 heteroatoms. The standard InChI is InChI=1S/C15H18N2O2/c1-3-17(11-12-7-6-10-19-12)15(18)13-8-4-5-9-14(13)16-2/h4-10,16H,3,11H2,1-2H3. The Labute approximate surface area is 113 Å². The van der Waals surface area contributed by atoms with Crippen LogP contribution in [0.2, 0.25) is 0 Å². The summed E-state index contributed by atoms with van der Waals surface area (Å²) in [5, 5.41) is 3.04. The molecule has 1 aromatic carbocycles. The Bertz CT molecular complexity index is 535. The molecular weight excluding hydrogens is 240 g/mol. The highest BCUT2D eigenvalue weighted by atomic mass is 16.3. The zero-order valence-electron chi connectivity index (χ0n) is 11.2. The molecule has 0 fully saturated rings. The molecule has 1 heterocycles. The zero-order valence-corrected chi connectivity index (χ0v) is 11.2. The largest absolute Gasteiger partial charge is 0.467 e. The molecule has 1 N–H and O–H groups in total. The van der Waals surface area contributed by atoms with E-state index in [0.717, 1.165) is 11.4 Å². The summed E-state index contributed by atoms with van der Waals surface area (Å²) in [6, 6.07) is 11.2. The van der Waals surface area contributed by atoms with Gasteiger partial charge in [-0.15, -0.1) is 0 Å². The average molecular weight is 258 g/mol. The van der Waals surface area contributed by atoms with E-state index in [2.05, 4.69) is 5.32 Å². The Kier molecular flexibility index (Phi) is 4.23. The van der Waals surface area contributed by atoms with Gasteiger partial charge in [0.25, 0.3) is 5.91 Å². The van der Waals surface area contributed by atoms with Gasteiger partial charge in [0.2, 0.25) is 0 Å². The second kappa shape index (κ2) is 6.09. The number of benzene rings is 1. The second-order valence-corrected chi connectivity index (χ2v) is 4.19. The van der Waals surface area contributed by atoms with Crippen molar-refractivity contribution in [2.45, 2.75) is 13.5 Å². The normalized spacial score (nSPS) is 10.2. The molecule has 0 aliphatic rings. The van der Waals surface area contributed by atoms with E-state index in [0.29, 0.717) is 18.7 Å². The highest BCUT2D eigenvalue weighted by molar-refractivity contribution is 5.99. The molecule has 0 saturated carbocycles. The molecule has 1 amide bonds. The minimum atomic E-state index is 0.00356. The Hall–Kier alpha value is -2.23. The number of hydrogen-bond donors (Lipinski definition) is 1. The van der Waals surface area contributed by atoms with Crippen LogP contribution in [0, 0.1) is 0 Å². The van der Waals surface area contributed by atoms with E-state index in [9.17, 15) is 4.79 Å². The molecule has 0 atom stereocenters. The number of amides is 1. The summed E-state index contributed by atoms with van der Waals surface area (Å²) in [4.78, 5) is 14.3. The predicted molar refractivity (Wildman–Crippen MR) is 75.1 cm³/mol. The Morgan fingerprint density at radius 3 is 2.68 bits per heavy atom. The molecule has 0 saturated heterocycles. The Balaban J connectivity index is 2.20. The van der Waals surface area contributed by atoms with Crippen molar-refractivity contribution >= 4 is 11.6 Å². The maximum atomic E-state index is 12.5. The molecule has 19 heavy (non-hydrogen) atoms. The summed E-state index contributed by atoms with van der Waals surface area (Å²) in [6.07, 6.45) is 1.62. The van der Waals surface area contributed by atoms with Gasteiger partial charge in [0.1, 0.15) is 5.76 Å². The van der Waals surface area contributed by atoms with Crippen LogP contribution in [0.3, 0.4) is 0 Å². The van der Waals surface area contributed by atoms with Crippen molar-refractivity contribution in [3.05, 3.63) is 54.0 Å². The lowest BCUT2D eigenvalue weighted by Crippen LogP contribution is -2.30. The van der Waals surface area contributed by atoms with E-state index in [1.54, 1.807) is 11.2 Å². The third kappa shape index (κ3) is 2.96. The van der Waals surface area contributed by atoms with E-state index in [1.165, 1.54) is 0 Å². The van der Waals surface area contributed by atoms with Crippen LogP contribution in [0.15, 0.2) is 47.1 Å². The van der Waals surface area contributed by atoms with Gasteiger partial charge >= 0.3 is 0 Å². The van der Waals surface area contributed by atoms with Crippen molar-refractivity contribution in [2.24, 2.45) is 0 Å². The molecule has 0 bridgehead atoms. The van der Waals surface area contributed by atoms with E-state index in [4.69, 9.17) is 4.42 Å². The fraction of sp³-hybridized carbons (Fsp3) is 0.267. The molecule has 0 aliphatic heterocycles. The Morgan fingerprint density at radius 1 is 1.26 bits per heavy atom. The van der Waals surface area contributed by atoms with Crippen LogP contribution >= 0.6 is 0 Å². The zero-order chi connectivity index (χ0) is 13.7. The number of anilines is 1. The van der Waals surface area contributed by atoms with Crippen LogP contribution in [-0.2, 0) is 6.54 Å². The van der Waals surface area contributed by atoms with Crippen molar-refractivity contribution < 1.29 is 9.21 Å². The van der Waals surface area contributed by atoms with Gasteiger partial charge in [0.05, 0.1) is 18.4 Å². The molecule has 0 radical (unpaired) electrons. The molecule has 100 valence electrons. The number of nitrogens with zero attached hydrogens (tertiary/aromatic N) is 1. The number of rotatable bonds is 5. The molecule has 0 spiro atoms. The molecule has 0 unspecified atom stereocenters. The monoisotopic (exact) mass is 258 g/mol. The van der Waals surface area contributed by atoms with E-state index in [-0.39, 0.29) is 5.91 Å². The van der Waals surface area contributed by atoms with Crippen LogP contribution in [0.25, 0.3) is 0 Å². The first-order chi connectivity index (χ1) is 9.26. The topological polar surface area (TPSA) is 45.5 Å². The third-order valence-electron chi connectivity index (χ3n) is 3.02. The SMILES string of the molecule is CCN(Cc1ccco1)C(=O)c1ccccc1NC. The summed E-state index contributed by atoms with van der Waals surface area (Å²) in [5.41, 5.74) is 1.52. The fourth-order valence-corrected chi connectivity index (χ4v) is 1.98. The van der Waals surface area contributed by atoms with Gasteiger partial charge < -0.3 is 14.6 Å². The molecule has 2 aromatic rings. The number of hydrogen-bond acceptors (Lipinski definition) is 3. The van der Waals surface area contributed by atoms with Gasteiger partial charge in [0.15, 0.2) is 0 Å². The molecule has 2 rings (SSSR count). The lowest BCUT2D eigenvalue weighted by Gasteiger charge is -2.21. The van der Waals surface area contributed by atoms with Gasteiger partial charge in [-0.2, -0.15) is 0 Å². The van der Waals surface area contributed by atoms with Crippen molar-refractivity contribution in [1.29, 1.82) is 0 Å². The van der Waals surface area contributed by atoms with E-state index in [1.807, 2.05) is 50.4 Å². The summed E-state index contributed by atoms with van der Waals surface area (Å²) < 4.78 is 5.30. The van der Waals surface area contributed by atoms with Gasteiger partial charge in [0, 0.05) is 19.3 Å². The highest BCUT2D eigenvalue weighted by Gasteiger charge is 2.17. The first kappa shape index (κ1) is 13.2. The third-order valence-corrected chi connectivity index (χ3v) is 3.02. The van der Waals surface area contributed by atoms with Crippen molar-refractivity contribution in [1.82, 2.24) is 4.90 Å². The highest BCUT2D eigenvalue weighted by Crippen LogP contribution is 2.18.